The summed E-state index contributed by atoms with van der Waals surface area (Å²) in [5.41, 5.74) is 7.42. The first-order chi connectivity index (χ1) is 9.24. The molecule has 0 radical (unpaired) electrons. The van der Waals surface area contributed by atoms with Crippen LogP contribution in [0.1, 0.15) is 11.6 Å². The minimum atomic E-state index is 0.0396. The predicted molar refractivity (Wildman–Crippen MR) is 73.7 cm³/mol. The van der Waals surface area contributed by atoms with Crippen molar-refractivity contribution in [1.29, 1.82) is 0 Å². The number of hydrogen-bond acceptors (Lipinski definition) is 3. The van der Waals surface area contributed by atoms with Crippen molar-refractivity contribution in [2.75, 3.05) is 32.7 Å². The third kappa shape index (κ3) is 2.57. The number of urea groups is 1. The zero-order chi connectivity index (χ0) is 13.2. The Morgan fingerprint density at radius 2 is 2.11 bits per heavy atom. The molecule has 5 heteroatoms. The molecular formula is C14H20N4O. The van der Waals surface area contributed by atoms with Crippen LogP contribution in [0.5, 0.6) is 0 Å². The van der Waals surface area contributed by atoms with Gasteiger partial charge in [0.1, 0.15) is 0 Å². The van der Waals surface area contributed by atoms with Crippen LogP contribution >= 0.6 is 0 Å². The van der Waals surface area contributed by atoms with Gasteiger partial charge < -0.3 is 16.0 Å². The Morgan fingerprint density at radius 1 is 1.32 bits per heavy atom. The Morgan fingerprint density at radius 3 is 2.89 bits per heavy atom. The first kappa shape index (κ1) is 12.4. The van der Waals surface area contributed by atoms with Crippen molar-refractivity contribution in [3.05, 3.63) is 35.9 Å². The molecule has 0 aliphatic carbocycles. The zero-order valence-corrected chi connectivity index (χ0v) is 11.0. The molecule has 2 amide bonds. The number of nitrogens with two attached hydrogens (primary N) is 1. The number of carbonyl (C=O) groups is 1. The first-order valence-corrected chi connectivity index (χ1v) is 6.81. The highest BCUT2D eigenvalue weighted by Crippen LogP contribution is 2.17. The van der Waals surface area contributed by atoms with Gasteiger partial charge in [-0.2, -0.15) is 0 Å². The van der Waals surface area contributed by atoms with E-state index in [2.05, 4.69) is 22.3 Å². The van der Waals surface area contributed by atoms with Gasteiger partial charge in [0.25, 0.3) is 0 Å². The SMILES string of the molecule is NC(CN1CCN2C(=O)NCC2C1)c1ccccc1. The van der Waals surface area contributed by atoms with Gasteiger partial charge in [-0.15, -0.1) is 0 Å². The van der Waals surface area contributed by atoms with Crippen molar-refractivity contribution in [3.8, 4) is 0 Å². The van der Waals surface area contributed by atoms with E-state index in [0.29, 0.717) is 6.04 Å². The van der Waals surface area contributed by atoms with E-state index in [9.17, 15) is 4.79 Å². The molecule has 2 aliphatic heterocycles. The van der Waals surface area contributed by atoms with Crippen LogP contribution in [-0.4, -0.2) is 54.6 Å². The van der Waals surface area contributed by atoms with Crippen LogP contribution in [0.3, 0.4) is 0 Å². The highest BCUT2D eigenvalue weighted by molar-refractivity contribution is 5.77. The number of piperazine rings is 1. The maximum atomic E-state index is 11.5. The summed E-state index contributed by atoms with van der Waals surface area (Å²) in [7, 11) is 0. The molecule has 102 valence electrons. The second kappa shape index (κ2) is 5.19. The van der Waals surface area contributed by atoms with Gasteiger partial charge in [-0.25, -0.2) is 4.79 Å². The number of fused-ring (bicyclic) bond motifs is 1. The largest absolute Gasteiger partial charge is 0.336 e. The van der Waals surface area contributed by atoms with Crippen LogP contribution in [0, 0.1) is 0 Å². The van der Waals surface area contributed by atoms with Gasteiger partial charge in [-0.05, 0) is 5.56 Å². The Labute approximate surface area is 113 Å². The molecule has 0 spiro atoms. The number of nitrogens with zero attached hydrogens (tertiary/aromatic N) is 2. The van der Waals surface area contributed by atoms with Crippen molar-refractivity contribution in [2.24, 2.45) is 5.73 Å². The minimum absolute atomic E-state index is 0.0396. The van der Waals surface area contributed by atoms with Crippen LogP contribution in [0.15, 0.2) is 30.3 Å². The summed E-state index contributed by atoms with van der Waals surface area (Å²) in [5.74, 6) is 0. The lowest BCUT2D eigenvalue weighted by Crippen LogP contribution is -2.53. The minimum Gasteiger partial charge on any atom is -0.336 e. The van der Waals surface area contributed by atoms with Gasteiger partial charge in [-0.1, -0.05) is 30.3 Å². The van der Waals surface area contributed by atoms with Crippen LogP contribution in [0.4, 0.5) is 4.79 Å². The van der Waals surface area contributed by atoms with Crippen LogP contribution in [0.25, 0.3) is 0 Å². The van der Waals surface area contributed by atoms with E-state index in [4.69, 9.17) is 5.73 Å². The molecule has 19 heavy (non-hydrogen) atoms. The second-order valence-corrected chi connectivity index (χ2v) is 5.31. The summed E-state index contributed by atoms with van der Waals surface area (Å²) in [4.78, 5) is 15.8. The van der Waals surface area contributed by atoms with Crippen molar-refractivity contribution >= 4 is 6.03 Å². The Kier molecular flexibility index (Phi) is 3.40. The molecule has 3 rings (SSSR count). The fourth-order valence-electron chi connectivity index (χ4n) is 2.92. The van der Waals surface area contributed by atoms with E-state index in [0.717, 1.165) is 32.7 Å². The number of hydrogen-bond donors (Lipinski definition) is 2. The average molecular weight is 260 g/mol. The van der Waals surface area contributed by atoms with Crippen LogP contribution in [-0.2, 0) is 0 Å². The molecular weight excluding hydrogens is 240 g/mol. The van der Waals surface area contributed by atoms with Crippen molar-refractivity contribution in [1.82, 2.24) is 15.1 Å². The number of amides is 2. The number of nitrogens with one attached hydrogen (secondary N) is 1. The number of benzene rings is 1. The Balaban J connectivity index is 1.58. The summed E-state index contributed by atoms with van der Waals surface area (Å²) in [6, 6.07) is 10.6. The summed E-state index contributed by atoms with van der Waals surface area (Å²) in [6.07, 6.45) is 0. The fourth-order valence-corrected chi connectivity index (χ4v) is 2.92. The van der Waals surface area contributed by atoms with E-state index in [1.165, 1.54) is 5.56 Å². The van der Waals surface area contributed by atoms with Gasteiger partial charge in [-0.3, -0.25) is 4.90 Å². The van der Waals surface area contributed by atoms with Crippen molar-refractivity contribution < 1.29 is 4.79 Å². The smallest absolute Gasteiger partial charge is 0.317 e. The fraction of sp³-hybridized carbons (Fsp3) is 0.500. The number of carbonyl (C=O) groups excluding carboxylic acids is 1. The molecule has 3 N–H and O–H groups in total. The predicted octanol–water partition coefficient (Wildman–Crippen LogP) is 0.396. The second-order valence-electron chi connectivity index (χ2n) is 5.31. The first-order valence-electron chi connectivity index (χ1n) is 6.81. The normalized spacial score (nSPS) is 25.0. The highest BCUT2D eigenvalue weighted by atomic mass is 16.2. The monoisotopic (exact) mass is 260 g/mol. The zero-order valence-electron chi connectivity index (χ0n) is 11.0. The van der Waals surface area contributed by atoms with Crippen molar-refractivity contribution in [2.45, 2.75) is 12.1 Å². The summed E-state index contributed by atoms with van der Waals surface area (Å²) < 4.78 is 0. The molecule has 2 atom stereocenters. The third-order valence-electron chi connectivity index (χ3n) is 4.00. The average Bonchev–Trinajstić information content (AvgIpc) is 2.81. The van der Waals surface area contributed by atoms with Gasteiger partial charge in [0.15, 0.2) is 0 Å². The summed E-state index contributed by atoms with van der Waals surface area (Å²) in [6.45, 7) is 4.24. The molecule has 2 fully saturated rings. The summed E-state index contributed by atoms with van der Waals surface area (Å²) in [5, 5.41) is 2.90. The maximum Gasteiger partial charge on any atom is 0.317 e. The highest BCUT2D eigenvalue weighted by Gasteiger charge is 2.35. The van der Waals surface area contributed by atoms with Gasteiger partial charge in [0.05, 0.1) is 6.04 Å². The lowest BCUT2D eigenvalue weighted by Gasteiger charge is -2.37. The third-order valence-corrected chi connectivity index (χ3v) is 4.00. The quantitative estimate of drug-likeness (QED) is 0.827. The molecule has 1 aromatic carbocycles. The van der Waals surface area contributed by atoms with E-state index in [1.54, 1.807) is 0 Å². The molecule has 2 saturated heterocycles. The van der Waals surface area contributed by atoms with E-state index < -0.39 is 0 Å². The van der Waals surface area contributed by atoms with Gasteiger partial charge in [0, 0.05) is 38.8 Å². The van der Waals surface area contributed by atoms with Crippen molar-refractivity contribution in [3.63, 3.8) is 0 Å². The molecule has 2 heterocycles. The molecule has 1 aromatic rings. The van der Waals surface area contributed by atoms with Crippen LogP contribution in [0.2, 0.25) is 0 Å². The standard InChI is InChI=1S/C14H20N4O/c15-13(11-4-2-1-3-5-11)10-17-6-7-18-12(9-17)8-16-14(18)19/h1-5,12-13H,6-10,15H2,(H,16,19). The molecule has 5 nitrogen and oxygen atoms in total. The lowest BCUT2D eigenvalue weighted by molar-refractivity contribution is 0.117. The number of rotatable bonds is 3. The Bertz CT molecular complexity index is 450. The Hall–Kier alpha value is -1.59. The molecule has 2 aliphatic rings. The van der Waals surface area contributed by atoms with E-state index >= 15 is 0 Å². The van der Waals surface area contributed by atoms with Crippen LogP contribution < -0.4 is 11.1 Å². The molecule has 0 saturated carbocycles. The molecule has 2 unspecified atom stereocenters. The van der Waals surface area contributed by atoms with Gasteiger partial charge >= 0.3 is 6.03 Å². The summed E-state index contributed by atoms with van der Waals surface area (Å²) >= 11 is 0. The maximum absolute atomic E-state index is 11.5. The van der Waals surface area contributed by atoms with E-state index in [-0.39, 0.29) is 12.1 Å². The molecule has 0 aromatic heterocycles. The molecule has 0 bridgehead atoms. The topological polar surface area (TPSA) is 61.6 Å². The van der Waals surface area contributed by atoms with Gasteiger partial charge in [0.2, 0.25) is 0 Å². The van der Waals surface area contributed by atoms with E-state index in [1.807, 2.05) is 23.1 Å². The lowest BCUT2D eigenvalue weighted by atomic mass is 10.1.